The van der Waals surface area contributed by atoms with Gasteiger partial charge in [-0.15, -0.1) is 0 Å². The maximum absolute atomic E-state index is 12.1. The van der Waals surface area contributed by atoms with Gasteiger partial charge in [-0.2, -0.15) is 0 Å². The smallest absolute Gasteiger partial charge is 0.407 e. The molecule has 0 fully saturated rings. The molecule has 1 N–H and O–H groups in total. The molecule has 0 aromatic heterocycles. The van der Waals surface area contributed by atoms with E-state index in [0.717, 1.165) is 22.3 Å². The minimum atomic E-state index is -0.658. The summed E-state index contributed by atoms with van der Waals surface area (Å²) < 4.78 is 5.41. The van der Waals surface area contributed by atoms with Crippen LogP contribution in [0.15, 0.2) is 53.6 Å². The number of hydrogen-bond acceptors (Lipinski definition) is 4. The number of carbonyl (C=O) groups excluding carboxylic acids is 2. The highest BCUT2D eigenvalue weighted by Crippen LogP contribution is 2.44. The molecule has 0 radical (unpaired) electrons. The van der Waals surface area contributed by atoms with Gasteiger partial charge >= 0.3 is 6.09 Å². The van der Waals surface area contributed by atoms with Gasteiger partial charge in [-0.3, -0.25) is 0 Å². The predicted molar refractivity (Wildman–Crippen MR) is 101 cm³/mol. The third-order valence-corrected chi connectivity index (χ3v) is 4.65. The van der Waals surface area contributed by atoms with Gasteiger partial charge in [0.25, 0.3) is 0 Å². The SMILES string of the molecule is [N-]=[N+]=NCCC[C@@H](C=O)NC(=O)OCC1c2ccccc2-c2ccccc21. The maximum Gasteiger partial charge on any atom is 0.407 e. The average molecular weight is 364 g/mol. The normalized spacial score (nSPS) is 13.0. The summed E-state index contributed by atoms with van der Waals surface area (Å²) in [5.74, 6) is -0.0252. The summed E-state index contributed by atoms with van der Waals surface area (Å²) in [6.07, 6.45) is 0.944. The molecule has 0 aliphatic heterocycles. The van der Waals surface area contributed by atoms with E-state index in [1.165, 1.54) is 0 Å². The largest absolute Gasteiger partial charge is 0.449 e. The van der Waals surface area contributed by atoms with Crippen molar-refractivity contribution < 1.29 is 14.3 Å². The summed E-state index contributed by atoms with van der Waals surface area (Å²) in [4.78, 5) is 25.9. The van der Waals surface area contributed by atoms with Crippen LogP contribution in [0.1, 0.15) is 29.9 Å². The lowest BCUT2D eigenvalue weighted by molar-refractivity contribution is -0.109. The minimum absolute atomic E-state index is 0.0252. The number of nitrogens with zero attached hydrogens (tertiary/aromatic N) is 3. The van der Waals surface area contributed by atoms with Crippen molar-refractivity contribution in [1.29, 1.82) is 0 Å². The Morgan fingerprint density at radius 2 is 1.81 bits per heavy atom. The molecular weight excluding hydrogens is 344 g/mol. The number of aldehydes is 1. The molecule has 1 atom stereocenters. The quantitative estimate of drug-likeness (QED) is 0.250. The van der Waals surface area contributed by atoms with Crippen LogP contribution in [0.5, 0.6) is 0 Å². The van der Waals surface area contributed by atoms with Gasteiger partial charge in [0.1, 0.15) is 12.9 Å². The lowest BCUT2D eigenvalue weighted by Crippen LogP contribution is -2.37. The first-order valence-electron chi connectivity index (χ1n) is 8.82. The van der Waals surface area contributed by atoms with Crippen LogP contribution in [0.2, 0.25) is 0 Å². The molecule has 1 aliphatic rings. The Bertz CT molecular complexity index is 832. The first-order chi connectivity index (χ1) is 13.2. The lowest BCUT2D eigenvalue weighted by atomic mass is 9.98. The molecule has 0 heterocycles. The van der Waals surface area contributed by atoms with Gasteiger partial charge in [-0.05, 0) is 40.6 Å². The fourth-order valence-corrected chi connectivity index (χ4v) is 3.39. The van der Waals surface area contributed by atoms with Crippen LogP contribution in [0, 0.1) is 0 Å². The Balaban J connectivity index is 1.60. The summed E-state index contributed by atoms with van der Waals surface area (Å²) in [5.41, 5.74) is 12.8. The summed E-state index contributed by atoms with van der Waals surface area (Å²) in [6.45, 7) is 0.484. The van der Waals surface area contributed by atoms with E-state index in [-0.39, 0.29) is 19.1 Å². The number of azide groups is 1. The molecule has 0 saturated carbocycles. The van der Waals surface area contributed by atoms with Crippen molar-refractivity contribution in [3.8, 4) is 11.1 Å². The topological polar surface area (TPSA) is 104 Å². The van der Waals surface area contributed by atoms with Crippen molar-refractivity contribution in [3.05, 3.63) is 70.1 Å². The molecule has 7 heteroatoms. The maximum atomic E-state index is 12.1. The first-order valence-corrected chi connectivity index (χ1v) is 8.82. The third-order valence-electron chi connectivity index (χ3n) is 4.65. The van der Waals surface area contributed by atoms with Gasteiger partial charge in [0.05, 0.1) is 6.04 Å². The number of amides is 1. The van der Waals surface area contributed by atoms with E-state index in [0.29, 0.717) is 19.1 Å². The lowest BCUT2D eigenvalue weighted by Gasteiger charge is -2.16. The van der Waals surface area contributed by atoms with Crippen molar-refractivity contribution in [3.63, 3.8) is 0 Å². The van der Waals surface area contributed by atoms with E-state index in [9.17, 15) is 9.59 Å². The Morgan fingerprint density at radius 1 is 1.19 bits per heavy atom. The minimum Gasteiger partial charge on any atom is -0.449 e. The van der Waals surface area contributed by atoms with E-state index < -0.39 is 12.1 Å². The zero-order chi connectivity index (χ0) is 19.1. The zero-order valence-electron chi connectivity index (χ0n) is 14.7. The van der Waals surface area contributed by atoms with Gasteiger partial charge in [0, 0.05) is 17.4 Å². The standard InChI is InChI=1S/C20H20N4O3/c21-24-22-11-5-6-14(12-25)23-20(26)27-13-19-17-9-3-1-7-15(17)16-8-2-4-10-18(16)19/h1-4,7-10,12,14,19H,5-6,11,13H2,(H,23,26)/t14-/m0/s1. The molecule has 7 nitrogen and oxygen atoms in total. The van der Waals surface area contributed by atoms with Gasteiger partial charge in [-0.25, -0.2) is 4.79 Å². The monoisotopic (exact) mass is 364 g/mol. The third kappa shape index (κ3) is 4.27. The summed E-state index contributed by atoms with van der Waals surface area (Å²) in [6, 6.07) is 15.5. The molecular formula is C20H20N4O3. The number of nitrogens with one attached hydrogen (secondary N) is 1. The molecule has 2 aromatic carbocycles. The molecule has 0 unspecified atom stereocenters. The second-order valence-corrected chi connectivity index (χ2v) is 6.31. The fraction of sp³-hybridized carbons (Fsp3) is 0.300. The number of alkyl carbamates (subject to hydrolysis) is 1. The fourth-order valence-electron chi connectivity index (χ4n) is 3.39. The van der Waals surface area contributed by atoms with Crippen LogP contribution in [-0.4, -0.2) is 31.6 Å². The Labute approximate surface area is 157 Å². The second kappa shape index (κ2) is 8.87. The van der Waals surface area contributed by atoms with Crippen LogP contribution >= 0.6 is 0 Å². The van der Waals surface area contributed by atoms with E-state index >= 15 is 0 Å². The van der Waals surface area contributed by atoms with Crippen molar-refractivity contribution >= 4 is 12.4 Å². The van der Waals surface area contributed by atoms with Crippen LogP contribution in [0.4, 0.5) is 4.79 Å². The van der Waals surface area contributed by atoms with Crippen LogP contribution in [-0.2, 0) is 9.53 Å². The van der Waals surface area contributed by atoms with Crippen LogP contribution in [0.3, 0.4) is 0 Å². The highest BCUT2D eigenvalue weighted by atomic mass is 16.5. The van der Waals surface area contributed by atoms with Gasteiger partial charge < -0.3 is 14.8 Å². The van der Waals surface area contributed by atoms with Gasteiger partial charge in [0.2, 0.25) is 0 Å². The average Bonchev–Trinajstić information content (AvgIpc) is 3.02. The zero-order valence-corrected chi connectivity index (χ0v) is 14.7. The number of rotatable bonds is 8. The highest BCUT2D eigenvalue weighted by molar-refractivity contribution is 5.79. The predicted octanol–water partition coefficient (Wildman–Crippen LogP) is 4.18. The van der Waals surface area contributed by atoms with Gasteiger partial charge in [0.15, 0.2) is 0 Å². The van der Waals surface area contributed by atoms with Crippen molar-refractivity contribution in [2.75, 3.05) is 13.2 Å². The number of hydrogen-bond donors (Lipinski definition) is 1. The summed E-state index contributed by atoms with van der Waals surface area (Å²) >= 11 is 0. The van der Waals surface area contributed by atoms with Crippen LogP contribution in [0.25, 0.3) is 21.6 Å². The number of carbonyl (C=O) groups is 2. The molecule has 1 amide bonds. The van der Waals surface area contributed by atoms with E-state index in [1.807, 2.05) is 36.4 Å². The summed E-state index contributed by atoms with van der Waals surface area (Å²) in [5, 5.41) is 5.96. The van der Waals surface area contributed by atoms with Crippen molar-refractivity contribution in [1.82, 2.24) is 5.32 Å². The van der Waals surface area contributed by atoms with Crippen molar-refractivity contribution in [2.45, 2.75) is 24.8 Å². The van der Waals surface area contributed by atoms with Crippen LogP contribution < -0.4 is 5.32 Å². The molecule has 27 heavy (non-hydrogen) atoms. The number of benzene rings is 2. The number of ether oxygens (including phenoxy) is 1. The van der Waals surface area contributed by atoms with E-state index in [2.05, 4.69) is 27.5 Å². The van der Waals surface area contributed by atoms with Gasteiger partial charge in [-0.1, -0.05) is 53.6 Å². The summed E-state index contributed by atoms with van der Waals surface area (Å²) in [7, 11) is 0. The van der Waals surface area contributed by atoms with Crippen molar-refractivity contribution in [2.24, 2.45) is 5.11 Å². The molecule has 0 saturated heterocycles. The Kier molecular flexibility index (Phi) is 6.07. The first kappa shape index (κ1) is 18.5. The molecule has 138 valence electrons. The molecule has 0 bridgehead atoms. The molecule has 1 aliphatic carbocycles. The highest BCUT2D eigenvalue weighted by Gasteiger charge is 2.29. The molecule has 3 rings (SSSR count). The number of fused-ring (bicyclic) bond motifs is 3. The van der Waals surface area contributed by atoms with E-state index in [4.69, 9.17) is 10.3 Å². The Hall–Kier alpha value is -3.31. The Morgan fingerprint density at radius 3 is 2.41 bits per heavy atom. The second-order valence-electron chi connectivity index (χ2n) is 6.31. The molecule has 0 spiro atoms. The van der Waals surface area contributed by atoms with E-state index in [1.54, 1.807) is 0 Å². The molecule has 2 aromatic rings.